The Balaban J connectivity index is 1.44. The SMILES string of the molecule is COC(=O)c1ccc(CNC(=O)COC(=O)c2cc(-c3ccccc3Cl)nc3ccccc23)cc1. The number of halogens is 1. The Morgan fingerprint density at radius 1 is 0.914 bits per heavy atom. The van der Waals surface area contributed by atoms with Crippen LogP contribution in [0.15, 0.2) is 78.9 Å². The average molecular weight is 489 g/mol. The van der Waals surface area contributed by atoms with Crippen LogP contribution in [0.2, 0.25) is 5.02 Å². The van der Waals surface area contributed by atoms with Crippen molar-refractivity contribution in [3.05, 3.63) is 101 Å². The molecular formula is C27H21ClN2O5. The van der Waals surface area contributed by atoms with E-state index in [0.717, 1.165) is 5.56 Å². The summed E-state index contributed by atoms with van der Waals surface area (Å²) in [7, 11) is 1.31. The fraction of sp³-hybridized carbons (Fsp3) is 0.111. The Labute approximate surface area is 206 Å². The van der Waals surface area contributed by atoms with Crippen LogP contribution in [-0.4, -0.2) is 36.5 Å². The highest BCUT2D eigenvalue weighted by Crippen LogP contribution is 2.30. The van der Waals surface area contributed by atoms with Gasteiger partial charge in [0.25, 0.3) is 5.91 Å². The molecule has 1 amide bonds. The van der Waals surface area contributed by atoms with Gasteiger partial charge in [-0.3, -0.25) is 4.79 Å². The Bertz CT molecular complexity index is 1400. The van der Waals surface area contributed by atoms with Crippen molar-refractivity contribution in [1.29, 1.82) is 0 Å². The quantitative estimate of drug-likeness (QED) is 0.375. The first kappa shape index (κ1) is 23.9. The van der Waals surface area contributed by atoms with Gasteiger partial charge in [-0.2, -0.15) is 0 Å². The molecule has 176 valence electrons. The third kappa shape index (κ3) is 5.65. The van der Waals surface area contributed by atoms with E-state index in [-0.39, 0.29) is 12.1 Å². The molecule has 4 rings (SSSR count). The summed E-state index contributed by atoms with van der Waals surface area (Å²) in [4.78, 5) is 41.3. The maximum atomic E-state index is 12.9. The normalized spacial score (nSPS) is 10.6. The molecule has 8 heteroatoms. The number of hydrogen-bond donors (Lipinski definition) is 1. The topological polar surface area (TPSA) is 94.6 Å². The highest BCUT2D eigenvalue weighted by molar-refractivity contribution is 6.33. The van der Waals surface area contributed by atoms with Gasteiger partial charge in [0.1, 0.15) is 0 Å². The highest BCUT2D eigenvalue weighted by Gasteiger charge is 2.17. The molecule has 0 saturated heterocycles. The molecule has 0 aliphatic heterocycles. The summed E-state index contributed by atoms with van der Waals surface area (Å²) >= 11 is 6.33. The number of nitrogens with one attached hydrogen (secondary N) is 1. The van der Waals surface area contributed by atoms with E-state index in [0.29, 0.717) is 32.7 Å². The van der Waals surface area contributed by atoms with Gasteiger partial charge >= 0.3 is 11.9 Å². The van der Waals surface area contributed by atoms with E-state index in [4.69, 9.17) is 16.3 Å². The fourth-order valence-corrected chi connectivity index (χ4v) is 3.72. The second kappa shape index (κ2) is 10.8. The van der Waals surface area contributed by atoms with Crippen LogP contribution < -0.4 is 5.32 Å². The molecule has 0 aliphatic carbocycles. The van der Waals surface area contributed by atoms with Crippen molar-refractivity contribution in [3.8, 4) is 11.3 Å². The van der Waals surface area contributed by atoms with Crippen LogP contribution in [0.3, 0.4) is 0 Å². The number of amides is 1. The lowest BCUT2D eigenvalue weighted by Crippen LogP contribution is -2.28. The number of rotatable bonds is 7. The number of fused-ring (bicyclic) bond motifs is 1. The van der Waals surface area contributed by atoms with E-state index >= 15 is 0 Å². The lowest BCUT2D eigenvalue weighted by molar-refractivity contribution is -0.124. The summed E-state index contributed by atoms with van der Waals surface area (Å²) < 4.78 is 9.96. The number of ether oxygens (including phenoxy) is 2. The van der Waals surface area contributed by atoms with E-state index in [1.807, 2.05) is 24.3 Å². The number of esters is 2. The van der Waals surface area contributed by atoms with Crippen molar-refractivity contribution in [2.45, 2.75) is 6.54 Å². The monoisotopic (exact) mass is 488 g/mol. The van der Waals surface area contributed by atoms with Gasteiger partial charge in [-0.05, 0) is 35.9 Å². The number of nitrogens with zero attached hydrogens (tertiary/aromatic N) is 1. The van der Waals surface area contributed by atoms with E-state index in [1.165, 1.54) is 7.11 Å². The minimum absolute atomic E-state index is 0.215. The number of carbonyl (C=O) groups excluding carboxylic acids is 3. The predicted octanol–water partition coefficient (Wildman–Crippen LogP) is 4.82. The van der Waals surface area contributed by atoms with Crippen molar-refractivity contribution in [2.75, 3.05) is 13.7 Å². The molecule has 0 unspecified atom stereocenters. The molecule has 0 bridgehead atoms. The molecule has 4 aromatic rings. The maximum Gasteiger partial charge on any atom is 0.339 e. The Morgan fingerprint density at radius 3 is 2.37 bits per heavy atom. The predicted molar refractivity (Wildman–Crippen MR) is 132 cm³/mol. The third-order valence-corrected chi connectivity index (χ3v) is 5.61. The second-order valence-corrected chi connectivity index (χ2v) is 8.00. The molecule has 1 heterocycles. The summed E-state index contributed by atoms with van der Waals surface area (Å²) in [6, 6.07) is 22.7. The highest BCUT2D eigenvalue weighted by atomic mass is 35.5. The van der Waals surface area contributed by atoms with Gasteiger partial charge in [0, 0.05) is 22.5 Å². The molecule has 35 heavy (non-hydrogen) atoms. The van der Waals surface area contributed by atoms with Crippen molar-refractivity contribution in [2.24, 2.45) is 0 Å². The van der Waals surface area contributed by atoms with Crippen molar-refractivity contribution < 1.29 is 23.9 Å². The summed E-state index contributed by atoms with van der Waals surface area (Å²) in [5.74, 6) is -1.54. The molecule has 0 aliphatic rings. The number of hydrogen-bond acceptors (Lipinski definition) is 6. The fourth-order valence-electron chi connectivity index (χ4n) is 3.49. The molecule has 0 spiro atoms. The lowest BCUT2D eigenvalue weighted by Gasteiger charge is -2.11. The Kier molecular flexibility index (Phi) is 7.38. The molecule has 1 aromatic heterocycles. The van der Waals surface area contributed by atoms with Crippen LogP contribution in [0.4, 0.5) is 0 Å². The minimum atomic E-state index is -0.644. The number of aromatic nitrogens is 1. The van der Waals surface area contributed by atoms with Crippen molar-refractivity contribution in [1.82, 2.24) is 10.3 Å². The van der Waals surface area contributed by atoms with Crippen LogP contribution in [0.5, 0.6) is 0 Å². The van der Waals surface area contributed by atoms with Crippen LogP contribution >= 0.6 is 11.6 Å². The van der Waals surface area contributed by atoms with Crippen LogP contribution in [-0.2, 0) is 20.8 Å². The Hall–Kier alpha value is -4.23. The summed E-state index contributed by atoms with van der Waals surface area (Å²) in [5, 5.41) is 3.81. The first-order valence-electron chi connectivity index (χ1n) is 10.7. The molecule has 7 nitrogen and oxygen atoms in total. The largest absolute Gasteiger partial charge is 0.465 e. The smallest absolute Gasteiger partial charge is 0.339 e. The van der Waals surface area contributed by atoms with E-state index < -0.39 is 24.5 Å². The van der Waals surface area contributed by atoms with Gasteiger partial charge < -0.3 is 14.8 Å². The average Bonchev–Trinajstić information content (AvgIpc) is 2.90. The van der Waals surface area contributed by atoms with Gasteiger partial charge in [0.15, 0.2) is 6.61 Å². The number of para-hydroxylation sites is 1. The van der Waals surface area contributed by atoms with Gasteiger partial charge in [-0.1, -0.05) is 60.1 Å². The van der Waals surface area contributed by atoms with Gasteiger partial charge in [-0.25, -0.2) is 14.6 Å². The standard InChI is InChI=1S/C27H21ClN2O5/c1-34-26(32)18-12-10-17(11-13-18)15-29-25(31)16-35-27(33)21-14-24(20-7-2-4-8-22(20)28)30-23-9-5-3-6-19(21)23/h2-14H,15-16H2,1H3,(H,29,31). The van der Waals surface area contributed by atoms with Crippen LogP contribution in [0.25, 0.3) is 22.2 Å². The third-order valence-electron chi connectivity index (χ3n) is 5.28. The van der Waals surface area contributed by atoms with Crippen molar-refractivity contribution >= 4 is 40.3 Å². The minimum Gasteiger partial charge on any atom is -0.465 e. The molecular weight excluding hydrogens is 468 g/mol. The van der Waals surface area contributed by atoms with E-state index in [1.54, 1.807) is 54.6 Å². The first-order chi connectivity index (χ1) is 17.0. The zero-order valence-corrected chi connectivity index (χ0v) is 19.5. The van der Waals surface area contributed by atoms with E-state index in [9.17, 15) is 14.4 Å². The number of methoxy groups -OCH3 is 1. The molecule has 0 saturated carbocycles. The lowest BCUT2D eigenvalue weighted by atomic mass is 10.0. The maximum absolute atomic E-state index is 12.9. The second-order valence-electron chi connectivity index (χ2n) is 7.59. The van der Waals surface area contributed by atoms with E-state index in [2.05, 4.69) is 15.0 Å². The number of carbonyl (C=O) groups is 3. The first-order valence-corrected chi connectivity index (χ1v) is 11.1. The zero-order chi connectivity index (χ0) is 24.8. The molecule has 1 N–H and O–H groups in total. The molecule has 0 atom stereocenters. The Morgan fingerprint density at radius 2 is 1.63 bits per heavy atom. The van der Waals surface area contributed by atoms with Gasteiger partial charge in [-0.15, -0.1) is 0 Å². The van der Waals surface area contributed by atoms with Crippen molar-refractivity contribution in [3.63, 3.8) is 0 Å². The van der Waals surface area contributed by atoms with Gasteiger partial charge in [0.05, 0.1) is 29.4 Å². The summed E-state index contributed by atoms with van der Waals surface area (Å²) in [6.07, 6.45) is 0. The number of pyridine rings is 1. The van der Waals surface area contributed by atoms with Gasteiger partial charge in [0.2, 0.25) is 0 Å². The van der Waals surface area contributed by atoms with Crippen LogP contribution in [0, 0.1) is 0 Å². The summed E-state index contributed by atoms with van der Waals surface area (Å²) in [5.41, 5.74) is 3.30. The zero-order valence-electron chi connectivity index (χ0n) is 18.8. The summed E-state index contributed by atoms with van der Waals surface area (Å²) in [6.45, 7) is -0.232. The molecule has 0 fully saturated rings. The molecule has 0 radical (unpaired) electrons. The molecule has 3 aromatic carbocycles. The number of benzene rings is 3. The van der Waals surface area contributed by atoms with Crippen LogP contribution in [0.1, 0.15) is 26.3 Å².